The van der Waals surface area contributed by atoms with Gasteiger partial charge in [-0.2, -0.15) is 0 Å². The van der Waals surface area contributed by atoms with Crippen molar-refractivity contribution in [2.75, 3.05) is 26.4 Å². The topological polar surface area (TPSA) is 370 Å². The maximum Gasteiger partial charge on any atom is 0.364 e. The number of amides is 2. The van der Waals surface area contributed by atoms with Crippen molar-refractivity contribution in [1.82, 2.24) is 10.6 Å². The third-order valence-corrected chi connectivity index (χ3v) is 8.24. The summed E-state index contributed by atoms with van der Waals surface area (Å²) in [6, 6.07) is -3.17. The van der Waals surface area contributed by atoms with E-state index in [9.17, 15) is 75.3 Å². The first-order valence-electron chi connectivity index (χ1n) is 15.3. The van der Waals surface area contributed by atoms with E-state index in [-0.39, 0.29) is 0 Å². The molecule has 3 rings (SSSR count). The number of carbonyl (C=O) groups excluding carboxylic acids is 3. The molecule has 3 aliphatic heterocycles. The Kier molecular flexibility index (Phi) is 14.7. The van der Waals surface area contributed by atoms with Gasteiger partial charge in [-0.1, -0.05) is 0 Å². The van der Waals surface area contributed by atoms with E-state index >= 15 is 0 Å². The first-order valence-corrected chi connectivity index (χ1v) is 15.3. The molecule has 0 aliphatic carbocycles. The summed E-state index contributed by atoms with van der Waals surface area (Å²) < 4.78 is 32.5. The summed E-state index contributed by atoms with van der Waals surface area (Å²) in [5, 5.41) is 117. The molecule has 0 bridgehead atoms. The van der Waals surface area contributed by atoms with Crippen molar-refractivity contribution in [1.29, 1.82) is 0 Å². The molecule has 3 fully saturated rings. The number of nitrogens with one attached hydrogen (secondary N) is 2. The van der Waals surface area contributed by atoms with Crippen LogP contribution in [0.3, 0.4) is 0 Å². The first kappa shape index (κ1) is 41.7. The molecule has 0 aromatic carbocycles. The molecule has 0 aromatic heterocycles. The van der Waals surface area contributed by atoms with Gasteiger partial charge in [0.05, 0.1) is 32.0 Å². The normalized spacial score (nSPS) is 40.3. The van der Waals surface area contributed by atoms with E-state index in [4.69, 9.17) is 28.4 Å². The van der Waals surface area contributed by atoms with Gasteiger partial charge < -0.3 is 95.2 Å². The number of esters is 1. The number of aliphatic carboxylic acids is 1. The average molecular weight is 733 g/mol. The van der Waals surface area contributed by atoms with Gasteiger partial charge in [-0.15, -0.1) is 0 Å². The number of carboxylic acids is 1. The zero-order valence-corrected chi connectivity index (χ0v) is 26.7. The molecule has 0 aromatic rings. The van der Waals surface area contributed by atoms with E-state index < -0.39 is 154 Å². The Bertz CT molecular complexity index is 1180. The van der Waals surface area contributed by atoms with E-state index in [0.717, 1.165) is 13.8 Å². The van der Waals surface area contributed by atoms with Crippen molar-refractivity contribution in [3.05, 3.63) is 0 Å². The lowest BCUT2D eigenvalue weighted by atomic mass is 9.88. The summed E-state index contributed by atoms with van der Waals surface area (Å²) >= 11 is 0. The summed E-state index contributed by atoms with van der Waals surface area (Å²) in [4.78, 5) is 48.1. The molecule has 13 N–H and O–H groups in total. The minimum absolute atomic E-state index is 0.695. The van der Waals surface area contributed by atoms with Crippen molar-refractivity contribution in [3.8, 4) is 0 Å². The largest absolute Gasteiger partial charge is 0.477 e. The lowest BCUT2D eigenvalue weighted by Crippen LogP contribution is -2.69. The van der Waals surface area contributed by atoms with Crippen LogP contribution in [0.5, 0.6) is 0 Å². The standard InChI is InChI=1S/C27H44N2O21/c1-8(33)28-16-18(39)22(12(5-31)47-24(16)42)49-25-20(41)19(40)17(38)13(48-25)7-45-27(26(43)44)3-10(35)15(29-14(37)6-32)23(50-27)21(11(36)4-30)46-9(2)34/h10-13,15-25,30-32,35-36,38-42H,3-7H2,1-2H3,(H,28,33)(H,29,37)(H,43,44)/t10-,11+,12+,13+,15+,16+,17-,18+,19-,20+,21+,22+,23+,24?,25-,27+/m0/s1. The predicted octanol–water partition coefficient (Wildman–Crippen LogP) is -8.54. The van der Waals surface area contributed by atoms with Crippen LogP contribution >= 0.6 is 0 Å². The number of carbonyl (C=O) groups is 4. The van der Waals surface area contributed by atoms with Gasteiger partial charge in [0.2, 0.25) is 11.8 Å². The van der Waals surface area contributed by atoms with E-state index in [1.165, 1.54) is 0 Å². The highest BCUT2D eigenvalue weighted by atomic mass is 16.8. The first-order chi connectivity index (χ1) is 23.4. The molecule has 2 amide bonds. The fourth-order valence-corrected chi connectivity index (χ4v) is 5.78. The van der Waals surface area contributed by atoms with Crippen LogP contribution in [0, 0.1) is 0 Å². The third kappa shape index (κ3) is 9.38. The van der Waals surface area contributed by atoms with Crippen LogP contribution in [-0.2, 0) is 47.6 Å². The van der Waals surface area contributed by atoms with Crippen LogP contribution in [0.2, 0.25) is 0 Å². The number of aliphatic hydroxyl groups is 10. The Morgan fingerprint density at radius 1 is 0.880 bits per heavy atom. The summed E-state index contributed by atoms with van der Waals surface area (Å²) in [6.45, 7) is -2.13. The molecule has 23 heteroatoms. The Balaban J connectivity index is 1.89. The van der Waals surface area contributed by atoms with Gasteiger partial charge in [-0.25, -0.2) is 4.79 Å². The van der Waals surface area contributed by atoms with Crippen LogP contribution in [0.4, 0.5) is 0 Å². The zero-order chi connectivity index (χ0) is 37.7. The summed E-state index contributed by atoms with van der Waals surface area (Å²) in [6.07, 6.45) is -25.6. The summed E-state index contributed by atoms with van der Waals surface area (Å²) in [5.74, 6) is -7.75. The number of carboxylic acid groups (broad SMARTS) is 1. The fraction of sp³-hybridized carbons (Fsp3) is 0.852. The summed E-state index contributed by atoms with van der Waals surface area (Å²) in [7, 11) is 0. The highest BCUT2D eigenvalue weighted by Gasteiger charge is 2.58. The number of hydrogen-bond donors (Lipinski definition) is 13. The lowest BCUT2D eigenvalue weighted by molar-refractivity contribution is -0.358. The van der Waals surface area contributed by atoms with Crippen molar-refractivity contribution in [2.24, 2.45) is 0 Å². The molecule has 1 unspecified atom stereocenters. The molecule has 0 saturated carbocycles. The number of aliphatic hydroxyl groups excluding tert-OH is 10. The molecule has 16 atom stereocenters. The zero-order valence-electron chi connectivity index (χ0n) is 26.7. The Morgan fingerprint density at radius 3 is 2.08 bits per heavy atom. The van der Waals surface area contributed by atoms with Gasteiger partial charge in [0.25, 0.3) is 5.79 Å². The molecular weight excluding hydrogens is 688 g/mol. The quantitative estimate of drug-likeness (QED) is 0.0737. The lowest BCUT2D eigenvalue weighted by Gasteiger charge is -2.48. The van der Waals surface area contributed by atoms with Gasteiger partial charge in [0, 0.05) is 20.3 Å². The van der Waals surface area contributed by atoms with E-state index in [1.54, 1.807) is 0 Å². The van der Waals surface area contributed by atoms with Crippen LogP contribution in [0.1, 0.15) is 20.3 Å². The molecule has 288 valence electrons. The van der Waals surface area contributed by atoms with Crippen molar-refractivity contribution in [3.63, 3.8) is 0 Å². The van der Waals surface area contributed by atoms with E-state index in [1.807, 2.05) is 0 Å². The Labute approximate surface area is 282 Å². The van der Waals surface area contributed by atoms with Crippen LogP contribution in [-0.4, -0.2) is 204 Å². The molecule has 3 aliphatic rings. The number of ether oxygens (including phenoxy) is 6. The van der Waals surface area contributed by atoms with Crippen LogP contribution in [0.25, 0.3) is 0 Å². The maximum absolute atomic E-state index is 12.6. The molecule has 23 nitrogen and oxygen atoms in total. The number of hydrogen-bond acceptors (Lipinski definition) is 20. The van der Waals surface area contributed by atoms with E-state index in [0.29, 0.717) is 0 Å². The van der Waals surface area contributed by atoms with Crippen LogP contribution in [0.15, 0.2) is 0 Å². The van der Waals surface area contributed by atoms with Gasteiger partial charge in [0.1, 0.15) is 67.6 Å². The van der Waals surface area contributed by atoms with Crippen molar-refractivity contribution >= 4 is 23.8 Å². The van der Waals surface area contributed by atoms with E-state index in [2.05, 4.69) is 10.6 Å². The minimum Gasteiger partial charge on any atom is -0.477 e. The molecule has 50 heavy (non-hydrogen) atoms. The second-order valence-electron chi connectivity index (χ2n) is 11.9. The highest BCUT2D eigenvalue weighted by Crippen LogP contribution is 2.36. The van der Waals surface area contributed by atoms with Crippen LogP contribution < -0.4 is 10.6 Å². The van der Waals surface area contributed by atoms with Crippen molar-refractivity contribution in [2.45, 2.75) is 118 Å². The highest BCUT2D eigenvalue weighted by molar-refractivity contribution is 5.78. The maximum atomic E-state index is 12.6. The molecule has 0 spiro atoms. The molecule has 3 heterocycles. The molecule has 3 saturated heterocycles. The second-order valence-corrected chi connectivity index (χ2v) is 11.9. The SMILES string of the molecule is CC(=O)N[C@H]1C(O)O[C@H](CO)[C@@H](O[C@@H]2O[C@H](CO[C@]3(C(=O)O)C[C@H](O)[C@@H](NC(=O)CO)[C@H]([C@H](OC(C)=O)[C@H](O)CO)O3)[C@H](O)[C@H](O)[C@H]2O)[C@@H]1O. The monoisotopic (exact) mass is 732 g/mol. The predicted molar refractivity (Wildman–Crippen MR) is 153 cm³/mol. The second kappa shape index (κ2) is 17.7. The molecular formula is C27H44N2O21. The summed E-state index contributed by atoms with van der Waals surface area (Å²) in [5.41, 5.74) is 0. The minimum atomic E-state index is -2.95. The molecule has 0 radical (unpaired) electrons. The number of rotatable bonds is 14. The van der Waals surface area contributed by atoms with Gasteiger partial charge in [-0.3, -0.25) is 14.4 Å². The van der Waals surface area contributed by atoms with Gasteiger partial charge in [0.15, 0.2) is 18.7 Å². The Morgan fingerprint density at radius 2 is 1.54 bits per heavy atom. The Hall–Kier alpha value is -2.72. The fourth-order valence-electron chi connectivity index (χ4n) is 5.78. The third-order valence-electron chi connectivity index (χ3n) is 8.24. The average Bonchev–Trinajstić information content (AvgIpc) is 3.06. The van der Waals surface area contributed by atoms with Crippen molar-refractivity contribution < 1.29 is 104 Å². The smallest absolute Gasteiger partial charge is 0.364 e. The van der Waals surface area contributed by atoms with Gasteiger partial charge >= 0.3 is 11.9 Å². The van der Waals surface area contributed by atoms with Gasteiger partial charge in [-0.05, 0) is 0 Å².